The molecule has 0 saturated carbocycles. The highest BCUT2D eigenvalue weighted by atomic mass is 32.1. The molecule has 0 bridgehead atoms. The molecule has 164 valence electrons. The lowest BCUT2D eigenvalue weighted by molar-refractivity contribution is 0.0520. The number of fused-ring (bicyclic) bond motifs is 1. The van der Waals surface area contributed by atoms with Gasteiger partial charge < -0.3 is 14.8 Å². The molecule has 10 nitrogen and oxygen atoms in total. The molecule has 32 heavy (non-hydrogen) atoms. The number of hydrogen-bond donors (Lipinski definition) is 1. The molecule has 1 amide bonds. The third-order valence-electron chi connectivity index (χ3n) is 4.58. The molecule has 4 aromatic rings. The van der Waals surface area contributed by atoms with Gasteiger partial charge in [-0.15, -0.1) is 16.4 Å². The lowest BCUT2D eigenvalue weighted by Gasteiger charge is -2.09. The molecule has 4 rings (SSSR count). The summed E-state index contributed by atoms with van der Waals surface area (Å²) in [5.41, 5.74) is 0.192. The largest absolute Gasteiger partial charge is 0.479 e. The van der Waals surface area contributed by atoms with E-state index in [2.05, 4.69) is 15.5 Å². The molecule has 0 aliphatic rings. The Balaban J connectivity index is 1.88. The van der Waals surface area contributed by atoms with Gasteiger partial charge in [0.15, 0.2) is 5.69 Å². The van der Waals surface area contributed by atoms with Gasteiger partial charge >= 0.3 is 5.97 Å². The van der Waals surface area contributed by atoms with E-state index >= 15 is 0 Å². The summed E-state index contributed by atoms with van der Waals surface area (Å²) in [4.78, 5) is 38.8. The van der Waals surface area contributed by atoms with Crippen LogP contribution in [-0.4, -0.2) is 45.2 Å². The lowest BCUT2D eigenvalue weighted by Crippen LogP contribution is -2.25. The highest BCUT2D eigenvalue weighted by Crippen LogP contribution is 2.31. The molecule has 0 aliphatic heterocycles. The SMILES string of the molecule is CCOC(=O)c1nn(-c2ccccc2)c(=O)c2c(NC(=O)c3cn(C)nc3OC)scc12. The third-order valence-corrected chi connectivity index (χ3v) is 5.48. The molecule has 0 aliphatic carbocycles. The third kappa shape index (κ3) is 3.73. The molecule has 0 saturated heterocycles. The number of carbonyl (C=O) groups is 2. The average Bonchev–Trinajstić information content (AvgIpc) is 3.38. The van der Waals surface area contributed by atoms with Crippen LogP contribution in [0.1, 0.15) is 27.8 Å². The number of ether oxygens (including phenoxy) is 2. The molecule has 11 heteroatoms. The van der Waals surface area contributed by atoms with Gasteiger partial charge in [0.05, 0.1) is 24.8 Å². The van der Waals surface area contributed by atoms with Gasteiger partial charge in [-0.3, -0.25) is 14.3 Å². The number of benzene rings is 1. The quantitative estimate of drug-likeness (QED) is 0.446. The van der Waals surface area contributed by atoms with Crippen LogP contribution in [0.2, 0.25) is 0 Å². The monoisotopic (exact) mass is 453 g/mol. The normalized spacial score (nSPS) is 10.8. The van der Waals surface area contributed by atoms with Crippen LogP contribution in [-0.2, 0) is 11.8 Å². The predicted molar refractivity (Wildman–Crippen MR) is 119 cm³/mol. The average molecular weight is 453 g/mol. The summed E-state index contributed by atoms with van der Waals surface area (Å²) in [6, 6.07) is 8.70. The Kier molecular flexibility index (Phi) is 5.73. The summed E-state index contributed by atoms with van der Waals surface area (Å²) >= 11 is 1.11. The van der Waals surface area contributed by atoms with E-state index in [1.807, 2.05) is 0 Å². The van der Waals surface area contributed by atoms with Crippen molar-refractivity contribution in [2.45, 2.75) is 6.92 Å². The van der Waals surface area contributed by atoms with E-state index in [0.717, 1.165) is 16.0 Å². The zero-order valence-corrected chi connectivity index (χ0v) is 18.3. The number of carbonyl (C=O) groups excluding carboxylic acids is 2. The Morgan fingerprint density at radius 2 is 1.94 bits per heavy atom. The Hall–Kier alpha value is -3.99. The Labute approximate surface area is 186 Å². The number of esters is 1. The molecule has 0 fully saturated rings. The van der Waals surface area contributed by atoms with Crippen LogP contribution < -0.4 is 15.6 Å². The molecular weight excluding hydrogens is 434 g/mol. The molecule has 0 spiro atoms. The highest BCUT2D eigenvalue weighted by Gasteiger charge is 2.24. The lowest BCUT2D eigenvalue weighted by atomic mass is 10.2. The van der Waals surface area contributed by atoms with Crippen molar-refractivity contribution in [2.24, 2.45) is 7.05 Å². The fraction of sp³-hybridized carbons (Fsp3) is 0.190. The van der Waals surface area contributed by atoms with Crippen molar-refractivity contribution >= 4 is 39.0 Å². The first-order chi connectivity index (χ1) is 15.4. The zero-order chi connectivity index (χ0) is 22.8. The number of rotatable bonds is 6. The van der Waals surface area contributed by atoms with Gasteiger partial charge in [0, 0.05) is 24.0 Å². The summed E-state index contributed by atoms with van der Waals surface area (Å²) in [6.45, 7) is 1.84. The van der Waals surface area contributed by atoms with Crippen LogP contribution in [0.4, 0.5) is 5.00 Å². The topological polar surface area (TPSA) is 117 Å². The second-order valence-corrected chi connectivity index (χ2v) is 7.53. The molecule has 1 N–H and O–H groups in total. The van der Waals surface area contributed by atoms with Crippen molar-refractivity contribution in [1.29, 1.82) is 0 Å². The van der Waals surface area contributed by atoms with Gasteiger partial charge in [0.25, 0.3) is 11.5 Å². The first kappa shape index (κ1) is 21.2. The van der Waals surface area contributed by atoms with E-state index in [4.69, 9.17) is 9.47 Å². The molecule has 3 heterocycles. The van der Waals surface area contributed by atoms with E-state index in [0.29, 0.717) is 11.1 Å². The fourth-order valence-corrected chi connectivity index (χ4v) is 4.11. The predicted octanol–water partition coefficient (Wildman–Crippen LogP) is 2.62. The number of nitrogens with one attached hydrogen (secondary N) is 1. The van der Waals surface area contributed by atoms with Gasteiger partial charge in [-0.1, -0.05) is 18.2 Å². The van der Waals surface area contributed by atoms with Crippen LogP contribution in [0.15, 0.2) is 46.7 Å². The van der Waals surface area contributed by atoms with Gasteiger partial charge in [-0.25, -0.2) is 4.79 Å². The number of anilines is 1. The van der Waals surface area contributed by atoms with Crippen LogP contribution in [0.5, 0.6) is 5.88 Å². The number of aromatic nitrogens is 4. The highest BCUT2D eigenvalue weighted by molar-refractivity contribution is 7.16. The summed E-state index contributed by atoms with van der Waals surface area (Å²) in [5.74, 6) is -1.01. The van der Waals surface area contributed by atoms with E-state index in [1.165, 1.54) is 18.0 Å². The Bertz CT molecular complexity index is 1370. The van der Waals surface area contributed by atoms with Crippen LogP contribution >= 0.6 is 11.3 Å². The minimum absolute atomic E-state index is 0.0130. The number of methoxy groups -OCH3 is 1. The molecule has 0 radical (unpaired) electrons. The molecule has 0 atom stereocenters. The van der Waals surface area contributed by atoms with Crippen molar-refractivity contribution in [1.82, 2.24) is 19.6 Å². The standard InChI is InChI=1S/C21H19N5O5S/c1-4-31-21(29)16-14-11-32-19(22-17(27)13-10-25(2)24-18(13)30-3)15(14)20(28)26(23-16)12-8-6-5-7-9-12/h5-11H,4H2,1-3H3,(H,22,27). The van der Waals surface area contributed by atoms with Gasteiger partial charge in [0.1, 0.15) is 10.6 Å². The van der Waals surface area contributed by atoms with Gasteiger partial charge in [0.2, 0.25) is 5.88 Å². The molecule has 1 aromatic carbocycles. The van der Waals surface area contributed by atoms with Crippen molar-refractivity contribution in [3.05, 3.63) is 63.5 Å². The fourth-order valence-electron chi connectivity index (χ4n) is 3.18. The van der Waals surface area contributed by atoms with Gasteiger partial charge in [-0.2, -0.15) is 9.78 Å². The first-order valence-electron chi connectivity index (χ1n) is 9.60. The Morgan fingerprint density at radius 1 is 1.19 bits per heavy atom. The van der Waals surface area contributed by atoms with Gasteiger partial charge in [-0.05, 0) is 19.1 Å². The number of amides is 1. The first-order valence-corrected chi connectivity index (χ1v) is 10.5. The number of para-hydroxylation sites is 1. The van der Waals surface area contributed by atoms with Crippen molar-refractivity contribution in [3.63, 3.8) is 0 Å². The number of hydrogen-bond acceptors (Lipinski definition) is 8. The minimum Gasteiger partial charge on any atom is -0.479 e. The van der Waals surface area contributed by atoms with Crippen LogP contribution in [0.25, 0.3) is 16.5 Å². The molecule has 0 unspecified atom stereocenters. The van der Waals surface area contributed by atoms with Crippen LogP contribution in [0.3, 0.4) is 0 Å². The van der Waals surface area contributed by atoms with E-state index in [9.17, 15) is 14.4 Å². The number of aryl methyl sites for hydroxylation is 1. The maximum Gasteiger partial charge on any atom is 0.359 e. The van der Waals surface area contributed by atoms with E-state index in [1.54, 1.807) is 49.7 Å². The van der Waals surface area contributed by atoms with Crippen molar-refractivity contribution in [2.75, 3.05) is 19.0 Å². The number of nitrogens with zero attached hydrogens (tertiary/aromatic N) is 4. The summed E-state index contributed by atoms with van der Waals surface area (Å²) in [7, 11) is 3.07. The van der Waals surface area contributed by atoms with E-state index < -0.39 is 17.4 Å². The zero-order valence-electron chi connectivity index (χ0n) is 17.5. The molecular formula is C21H19N5O5S. The smallest absolute Gasteiger partial charge is 0.359 e. The second kappa shape index (κ2) is 8.63. The van der Waals surface area contributed by atoms with Crippen LogP contribution in [0, 0.1) is 0 Å². The van der Waals surface area contributed by atoms with Crippen molar-refractivity contribution in [3.8, 4) is 11.6 Å². The maximum atomic E-state index is 13.4. The summed E-state index contributed by atoms with van der Waals surface area (Å²) in [6.07, 6.45) is 1.51. The summed E-state index contributed by atoms with van der Waals surface area (Å²) < 4.78 is 12.9. The summed E-state index contributed by atoms with van der Waals surface area (Å²) in [5, 5.41) is 13.4. The van der Waals surface area contributed by atoms with E-state index in [-0.39, 0.29) is 34.1 Å². The number of thiophene rings is 1. The second-order valence-electron chi connectivity index (χ2n) is 6.65. The maximum absolute atomic E-state index is 13.4. The Morgan fingerprint density at radius 3 is 2.62 bits per heavy atom. The minimum atomic E-state index is -0.660. The van der Waals surface area contributed by atoms with Crippen molar-refractivity contribution < 1.29 is 19.1 Å². The molecule has 3 aromatic heterocycles.